The Morgan fingerprint density at radius 2 is 1.86 bits per heavy atom. The van der Waals surface area contributed by atoms with Crippen LogP contribution < -0.4 is 4.74 Å². The second-order valence-corrected chi connectivity index (χ2v) is 3.33. The molecule has 2 nitrogen and oxygen atoms in total. The van der Waals surface area contributed by atoms with Gasteiger partial charge in [-0.2, -0.15) is 0 Å². The molecule has 0 atom stereocenters. The normalized spacial score (nSPS) is 10.3. The summed E-state index contributed by atoms with van der Waals surface area (Å²) in [6, 6.07) is 2.86. The highest BCUT2D eigenvalue weighted by molar-refractivity contribution is 6.34. The van der Waals surface area contributed by atoms with Crippen LogP contribution >= 0.6 is 23.2 Å². The lowest BCUT2D eigenvalue weighted by atomic mass is 10.3. The third-order valence-electron chi connectivity index (χ3n) is 1.54. The van der Waals surface area contributed by atoms with Gasteiger partial charge in [0.15, 0.2) is 11.6 Å². The zero-order valence-electron chi connectivity index (χ0n) is 7.52. The van der Waals surface area contributed by atoms with Crippen molar-refractivity contribution >= 4 is 23.2 Å². The first-order valence-corrected chi connectivity index (χ1v) is 4.67. The molecule has 0 heterocycles. The predicted octanol–water partition coefficient (Wildman–Crippen LogP) is 3.16. The first kappa shape index (κ1) is 11.6. The molecule has 0 N–H and O–H groups in total. The van der Waals surface area contributed by atoms with Gasteiger partial charge < -0.3 is 9.47 Å². The van der Waals surface area contributed by atoms with Crippen molar-refractivity contribution in [2.24, 2.45) is 0 Å². The number of halogens is 3. The largest absolute Gasteiger partial charge is 0.486 e. The molecular formula is C9H9Cl2FO2. The van der Waals surface area contributed by atoms with E-state index < -0.39 is 5.82 Å². The molecule has 0 saturated heterocycles. The number of methoxy groups -OCH3 is 1. The second-order valence-electron chi connectivity index (χ2n) is 2.51. The summed E-state index contributed by atoms with van der Waals surface area (Å²) in [5, 5.41) is 0.185. The maximum atomic E-state index is 13.3. The summed E-state index contributed by atoms with van der Waals surface area (Å²) in [6.45, 7) is 0.593. The fraction of sp³-hybridized carbons (Fsp3) is 0.333. The minimum Gasteiger partial charge on any atom is -0.486 e. The van der Waals surface area contributed by atoms with Crippen molar-refractivity contribution in [2.75, 3.05) is 20.3 Å². The Kier molecular flexibility index (Phi) is 4.45. The lowest BCUT2D eigenvalue weighted by molar-refractivity contribution is 0.144. The summed E-state index contributed by atoms with van der Waals surface area (Å²) < 4.78 is 23.1. The first-order valence-electron chi connectivity index (χ1n) is 3.92. The molecular weight excluding hydrogens is 230 g/mol. The average molecular weight is 239 g/mol. The Hall–Kier alpha value is -0.510. The van der Waals surface area contributed by atoms with Gasteiger partial charge in [-0.05, 0) is 12.1 Å². The molecule has 0 bridgehead atoms. The van der Waals surface area contributed by atoms with Crippen LogP contribution in [0.25, 0.3) is 0 Å². The van der Waals surface area contributed by atoms with Gasteiger partial charge in [0.2, 0.25) is 0 Å². The molecule has 78 valence electrons. The Balaban J connectivity index is 2.79. The molecule has 0 aliphatic rings. The quantitative estimate of drug-likeness (QED) is 0.593. The van der Waals surface area contributed by atoms with Gasteiger partial charge >= 0.3 is 0 Å². The van der Waals surface area contributed by atoms with Crippen LogP contribution in [-0.4, -0.2) is 20.3 Å². The molecule has 0 radical (unpaired) electrons. The fourth-order valence-corrected chi connectivity index (χ4v) is 1.22. The SMILES string of the molecule is COCCOc1c(Cl)ccc(Cl)c1F. The predicted molar refractivity (Wildman–Crippen MR) is 53.8 cm³/mol. The van der Waals surface area contributed by atoms with Gasteiger partial charge in [0.25, 0.3) is 0 Å². The lowest BCUT2D eigenvalue weighted by Gasteiger charge is -2.08. The van der Waals surface area contributed by atoms with Crippen LogP contribution in [0.4, 0.5) is 4.39 Å². The first-order chi connectivity index (χ1) is 6.66. The maximum Gasteiger partial charge on any atom is 0.185 e. The lowest BCUT2D eigenvalue weighted by Crippen LogP contribution is -2.06. The molecule has 14 heavy (non-hydrogen) atoms. The van der Waals surface area contributed by atoms with Crippen LogP contribution in [0.3, 0.4) is 0 Å². The van der Waals surface area contributed by atoms with Gasteiger partial charge in [0.1, 0.15) is 6.61 Å². The molecule has 0 aromatic heterocycles. The van der Waals surface area contributed by atoms with E-state index in [0.29, 0.717) is 6.61 Å². The van der Waals surface area contributed by atoms with E-state index >= 15 is 0 Å². The highest BCUT2D eigenvalue weighted by atomic mass is 35.5. The van der Waals surface area contributed by atoms with Gasteiger partial charge in [-0.25, -0.2) is 4.39 Å². The molecule has 1 aromatic rings. The van der Waals surface area contributed by atoms with Crippen molar-refractivity contribution in [2.45, 2.75) is 0 Å². The van der Waals surface area contributed by atoms with Crippen LogP contribution in [0.1, 0.15) is 0 Å². The Morgan fingerprint density at radius 3 is 2.50 bits per heavy atom. The molecule has 0 aliphatic carbocycles. The Bertz CT molecular complexity index is 318. The Morgan fingerprint density at radius 1 is 1.21 bits per heavy atom. The molecule has 0 fully saturated rings. The van der Waals surface area contributed by atoms with Crippen LogP contribution in [0, 0.1) is 5.82 Å². The summed E-state index contributed by atoms with van der Waals surface area (Å²) in [7, 11) is 1.53. The number of benzene rings is 1. The van der Waals surface area contributed by atoms with E-state index in [1.807, 2.05) is 0 Å². The Labute approximate surface area is 91.5 Å². The van der Waals surface area contributed by atoms with E-state index in [1.54, 1.807) is 0 Å². The van der Waals surface area contributed by atoms with Crippen molar-refractivity contribution in [3.05, 3.63) is 28.0 Å². The molecule has 1 rings (SSSR count). The van der Waals surface area contributed by atoms with Gasteiger partial charge in [0, 0.05) is 7.11 Å². The summed E-state index contributed by atoms with van der Waals surface area (Å²) in [5.41, 5.74) is 0. The second kappa shape index (κ2) is 5.39. The summed E-state index contributed by atoms with van der Waals surface area (Å²) in [4.78, 5) is 0. The van der Waals surface area contributed by atoms with Crippen molar-refractivity contribution in [1.82, 2.24) is 0 Å². The number of hydrogen-bond donors (Lipinski definition) is 0. The van der Waals surface area contributed by atoms with Crippen molar-refractivity contribution in [3.8, 4) is 5.75 Å². The van der Waals surface area contributed by atoms with E-state index in [1.165, 1.54) is 19.2 Å². The summed E-state index contributed by atoms with van der Waals surface area (Å²) in [5.74, 6) is -0.675. The fourth-order valence-electron chi connectivity index (χ4n) is 0.868. The van der Waals surface area contributed by atoms with Gasteiger partial charge in [-0.1, -0.05) is 23.2 Å². The van der Waals surface area contributed by atoms with Crippen LogP contribution in [0.15, 0.2) is 12.1 Å². The monoisotopic (exact) mass is 238 g/mol. The zero-order chi connectivity index (χ0) is 10.6. The van der Waals surface area contributed by atoms with Gasteiger partial charge in [-0.15, -0.1) is 0 Å². The smallest absolute Gasteiger partial charge is 0.185 e. The molecule has 0 aliphatic heterocycles. The third kappa shape index (κ3) is 2.74. The molecule has 0 amide bonds. The van der Waals surface area contributed by atoms with Crippen molar-refractivity contribution in [3.63, 3.8) is 0 Å². The number of rotatable bonds is 4. The van der Waals surface area contributed by atoms with Crippen LogP contribution in [0.5, 0.6) is 5.75 Å². The number of ether oxygens (including phenoxy) is 2. The summed E-state index contributed by atoms with van der Waals surface area (Å²) >= 11 is 11.3. The van der Waals surface area contributed by atoms with Crippen molar-refractivity contribution in [1.29, 1.82) is 0 Å². The third-order valence-corrected chi connectivity index (χ3v) is 2.13. The highest BCUT2D eigenvalue weighted by Gasteiger charge is 2.12. The van der Waals surface area contributed by atoms with Crippen molar-refractivity contribution < 1.29 is 13.9 Å². The molecule has 5 heteroatoms. The van der Waals surface area contributed by atoms with E-state index in [0.717, 1.165) is 0 Å². The van der Waals surface area contributed by atoms with Crippen LogP contribution in [-0.2, 0) is 4.74 Å². The molecule has 1 aromatic carbocycles. The molecule has 0 saturated carbocycles. The summed E-state index contributed by atoms with van der Waals surface area (Å²) in [6.07, 6.45) is 0. The highest BCUT2D eigenvalue weighted by Crippen LogP contribution is 2.32. The van der Waals surface area contributed by atoms with E-state index in [2.05, 4.69) is 0 Å². The minimum atomic E-state index is -0.643. The standard InChI is InChI=1S/C9H9Cl2FO2/c1-13-4-5-14-9-7(11)3-2-6(10)8(9)12/h2-3H,4-5H2,1H3. The minimum absolute atomic E-state index is 0.0122. The molecule has 0 unspecified atom stereocenters. The van der Waals surface area contributed by atoms with Crippen LogP contribution in [0.2, 0.25) is 10.0 Å². The average Bonchev–Trinajstić information content (AvgIpc) is 2.18. The van der Waals surface area contributed by atoms with E-state index in [9.17, 15) is 4.39 Å². The zero-order valence-corrected chi connectivity index (χ0v) is 9.03. The van der Waals surface area contributed by atoms with E-state index in [-0.39, 0.29) is 22.4 Å². The maximum absolute atomic E-state index is 13.3. The number of hydrogen-bond acceptors (Lipinski definition) is 2. The molecule has 0 spiro atoms. The van der Waals surface area contributed by atoms with E-state index in [4.69, 9.17) is 32.7 Å². The van der Waals surface area contributed by atoms with Gasteiger partial charge in [-0.3, -0.25) is 0 Å². The topological polar surface area (TPSA) is 18.5 Å². The van der Waals surface area contributed by atoms with Gasteiger partial charge in [0.05, 0.1) is 16.7 Å².